The monoisotopic (exact) mass is 262 g/mol. The molecule has 2 amide bonds. The lowest BCUT2D eigenvalue weighted by Crippen LogP contribution is -2.35. The van der Waals surface area contributed by atoms with Crippen molar-refractivity contribution in [1.29, 1.82) is 0 Å². The van der Waals surface area contributed by atoms with Crippen molar-refractivity contribution in [2.75, 3.05) is 18.9 Å². The van der Waals surface area contributed by atoms with Crippen LogP contribution in [0.5, 0.6) is 0 Å². The minimum absolute atomic E-state index is 0.239. The Morgan fingerprint density at radius 1 is 1.21 bits per heavy atom. The van der Waals surface area contributed by atoms with E-state index in [1.165, 1.54) is 4.90 Å². The Bertz CT molecular complexity index is 532. The third-order valence-corrected chi connectivity index (χ3v) is 2.88. The van der Waals surface area contributed by atoms with Gasteiger partial charge in [-0.1, -0.05) is 6.07 Å². The Hall–Kier alpha value is -1.88. The minimum atomic E-state index is -0.337. The van der Waals surface area contributed by atoms with E-state index >= 15 is 0 Å². The van der Waals surface area contributed by atoms with Crippen molar-refractivity contribution in [2.24, 2.45) is 0 Å². The normalized spacial score (nSPS) is 15.0. The molecule has 1 aromatic carbocycles. The molecule has 0 spiro atoms. The fraction of sp³-hybridized carbons (Fsp3) is 0.429. The molecule has 5 heteroatoms. The molecule has 0 fully saturated rings. The second-order valence-electron chi connectivity index (χ2n) is 5.49. The van der Waals surface area contributed by atoms with Gasteiger partial charge in [-0.25, -0.2) is 0 Å². The molecule has 2 N–H and O–H groups in total. The summed E-state index contributed by atoms with van der Waals surface area (Å²) in [6.45, 7) is 6.33. The smallest absolute Gasteiger partial charge is 0.263 e. The second kappa shape index (κ2) is 4.66. The van der Waals surface area contributed by atoms with Crippen LogP contribution in [0.4, 0.5) is 5.69 Å². The van der Waals surface area contributed by atoms with Crippen LogP contribution in [0.15, 0.2) is 18.2 Å². The molecule has 0 saturated carbocycles. The summed E-state index contributed by atoms with van der Waals surface area (Å²) in [6, 6.07) is 4.92. The maximum absolute atomic E-state index is 12.2. The molecule has 1 heterocycles. The van der Waals surface area contributed by atoms with Crippen molar-refractivity contribution in [3.63, 3.8) is 0 Å². The van der Waals surface area contributed by atoms with Gasteiger partial charge >= 0.3 is 0 Å². The van der Waals surface area contributed by atoms with Gasteiger partial charge in [0, 0.05) is 5.69 Å². The number of ether oxygens (including phenoxy) is 1. The van der Waals surface area contributed by atoms with Crippen LogP contribution in [0, 0.1) is 0 Å². The van der Waals surface area contributed by atoms with E-state index in [1.807, 2.05) is 20.8 Å². The van der Waals surface area contributed by atoms with Crippen LogP contribution in [0.3, 0.4) is 0 Å². The van der Waals surface area contributed by atoms with Gasteiger partial charge in [0.15, 0.2) is 0 Å². The van der Waals surface area contributed by atoms with Crippen LogP contribution in [0.1, 0.15) is 41.5 Å². The van der Waals surface area contributed by atoms with Gasteiger partial charge < -0.3 is 10.5 Å². The van der Waals surface area contributed by atoms with Crippen molar-refractivity contribution < 1.29 is 14.3 Å². The van der Waals surface area contributed by atoms with E-state index in [2.05, 4.69) is 0 Å². The average Bonchev–Trinajstić information content (AvgIpc) is 2.54. The number of hydrogen-bond acceptors (Lipinski definition) is 4. The number of nitrogens with zero attached hydrogens (tertiary/aromatic N) is 1. The van der Waals surface area contributed by atoms with Crippen molar-refractivity contribution in [2.45, 2.75) is 26.4 Å². The Morgan fingerprint density at radius 2 is 1.89 bits per heavy atom. The molecule has 0 aliphatic carbocycles. The third-order valence-electron chi connectivity index (χ3n) is 2.88. The number of imide groups is 1. The Labute approximate surface area is 112 Å². The second-order valence-corrected chi connectivity index (χ2v) is 5.49. The summed E-state index contributed by atoms with van der Waals surface area (Å²) in [6.07, 6.45) is 0. The molecule has 0 atom stereocenters. The molecule has 0 radical (unpaired) electrons. The number of hydrogen-bond donors (Lipinski definition) is 1. The zero-order valence-electron chi connectivity index (χ0n) is 11.4. The van der Waals surface area contributed by atoms with Crippen LogP contribution in [0.2, 0.25) is 0 Å². The van der Waals surface area contributed by atoms with E-state index in [9.17, 15) is 9.59 Å². The third kappa shape index (κ3) is 2.61. The number of rotatable bonds is 3. The topological polar surface area (TPSA) is 72.6 Å². The van der Waals surface area contributed by atoms with Gasteiger partial charge in [-0.3, -0.25) is 14.5 Å². The summed E-state index contributed by atoms with van der Waals surface area (Å²) in [4.78, 5) is 25.4. The lowest BCUT2D eigenvalue weighted by Gasteiger charge is -2.21. The lowest BCUT2D eigenvalue weighted by molar-refractivity contribution is -0.0101. The highest BCUT2D eigenvalue weighted by Gasteiger charge is 2.36. The number of nitrogen functional groups attached to an aromatic ring is 1. The first kappa shape index (κ1) is 13.5. The molecule has 0 unspecified atom stereocenters. The maximum Gasteiger partial charge on any atom is 0.263 e. The van der Waals surface area contributed by atoms with Crippen LogP contribution in [0.25, 0.3) is 0 Å². The largest absolute Gasteiger partial charge is 0.398 e. The number of nitrogens with two attached hydrogens (primary N) is 1. The maximum atomic E-state index is 12.2. The van der Waals surface area contributed by atoms with Crippen LogP contribution in [-0.4, -0.2) is 35.5 Å². The SMILES string of the molecule is CC(C)(C)OCCN1C(=O)c2cccc(N)c2C1=O. The van der Waals surface area contributed by atoms with Gasteiger partial charge in [0.2, 0.25) is 0 Å². The van der Waals surface area contributed by atoms with Gasteiger partial charge in [-0.2, -0.15) is 0 Å². The molecule has 2 rings (SSSR count). The van der Waals surface area contributed by atoms with Crippen LogP contribution >= 0.6 is 0 Å². The molecule has 19 heavy (non-hydrogen) atoms. The zero-order valence-corrected chi connectivity index (χ0v) is 11.4. The first-order valence-electron chi connectivity index (χ1n) is 6.20. The lowest BCUT2D eigenvalue weighted by atomic mass is 10.1. The average molecular weight is 262 g/mol. The van der Waals surface area contributed by atoms with Gasteiger partial charge in [0.05, 0.1) is 29.9 Å². The van der Waals surface area contributed by atoms with Crippen molar-refractivity contribution in [3.8, 4) is 0 Å². The summed E-state index contributed by atoms with van der Waals surface area (Å²) in [7, 11) is 0. The van der Waals surface area contributed by atoms with Crippen LogP contribution < -0.4 is 5.73 Å². The van der Waals surface area contributed by atoms with Gasteiger partial charge in [-0.05, 0) is 32.9 Å². The highest BCUT2D eigenvalue weighted by atomic mass is 16.5. The first-order chi connectivity index (χ1) is 8.81. The van der Waals surface area contributed by atoms with Crippen molar-refractivity contribution in [1.82, 2.24) is 4.90 Å². The minimum Gasteiger partial charge on any atom is -0.398 e. The van der Waals surface area contributed by atoms with Gasteiger partial charge in [0.1, 0.15) is 0 Å². The molecule has 0 saturated heterocycles. The number of fused-ring (bicyclic) bond motifs is 1. The zero-order chi connectivity index (χ0) is 14.2. The molecular formula is C14H18N2O3. The fourth-order valence-electron chi connectivity index (χ4n) is 2.01. The van der Waals surface area contributed by atoms with Gasteiger partial charge in [0.25, 0.3) is 11.8 Å². The number of carbonyl (C=O) groups is 2. The summed E-state index contributed by atoms with van der Waals surface area (Å²) >= 11 is 0. The molecule has 1 aromatic rings. The van der Waals surface area contributed by atoms with E-state index in [0.717, 1.165) is 0 Å². The molecular weight excluding hydrogens is 244 g/mol. The van der Waals surface area contributed by atoms with E-state index in [-0.39, 0.29) is 24.0 Å². The molecule has 102 valence electrons. The summed E-state index contributed by atoms with van der Waals surface area (Å²) in [5.74, 6) is -0.639. The highest BCUT2D eigenvalue weighted by Crippen LogP contribution is 2.27. The van der Waals surface area contributed by atoms with E-state index in [4.69, 9.17) is 10.5 Å². The van der Waals surface area contributed by atoms with E-state index in [1.54, 1.807) is 18.2 Å². The summed E-state index contributed by atoms with van der Waals surface area (Å²) < 4.78 is 5.54. The van der Waals surface area contributed by atoms with E-state index in [0.29, 0.717) is 23.4 Å². The molecule has 1 aliphatic heterocycles. The number of amides is 2. The number of benzene rings is 1. The number of anilines is 1. The predicted molar refractivity (Wildman–Crippen MR) is 71.9 cm³/mol. The molecule has 0 bridgehead atoms. The quantitative estimate of drug-likeness (QED) is 0.664. The van der Waals surface area contributed by atoms with Gasteiger partial charge in [-0.15, -0.1) is 0 Å². The Kier molecular flexibility index (Phi) is 3.32. The molecule has 5 nitrogen and oxygen atoms in total. The summed E-state index contributed by atoms with van der Waals surface area (Å²) in [5.41, 5.74) is 6.49. The number of carbonyl (C=O) groups excluding carboxylic acids is 2. The molecule has 0 aromatic heterocycles. The molecule has 1 aliphatic rings. The fourth-order valence-corrected chi connectivity index (χ4v) is 2.01. The predicted octanol–water partition coefficient (Wildman–Crippen LogP) is 1.68. The Balaban J connectivity index is 2.13. The first-order valence-corrected chi connectivity index (χ1v) is 6.20. The van der Waals surface area contributed by atoms with E-state index < -0.39 is 0 Å². The van der Waals surface area contributed by atoms with Crippen molar-refractivity contribution >= 4 is 17.5 Å². The standard InChI is InChI=1S/C14H18N2O3/c1-14(2,3)19-8-7-16-12(17)9-5-4-6-10(15)11(9)13(16)18/h4-6H,7-8,15H2,1-3H3. The highest BCUT2D eigenvalue weighted by molar-refractivity contribution is 6.23. The van der Waals surface area contributed by atoms with Crippen molar-refractivity contribution in [3.05, 3.63) is 29.3 Å². The Morgan fingerprint density at radius 3 is 2.47 bits per heavy atom. The van der Waals surface area contributed by atoms with Crippen LogP contribution in [-0.2, 0) is 4.74 Å². The summed E-state index contributed by atoms with van der Waals surface area (Å²) in [5, 5.41) is 0.